The number of nitrogens with one attached hydrogen (secondary N) is 1. The topological polar surface area (TPSA) is 33.1 Å². The Hall–Kier alpha value is -1.65. The van der Waals surface area contributed by atoms with E-state index in [1.165, 1.54) is 31.5 Å². The van der Waals surface area contributed by atoms with Crippen LogP contribution in [0, 0.1) is 5.92 Å². The molecule has 4 nitrogen and oxygen atoms in total. The molecule has 0 radical (unpaired) electrons. The molecule has 2 heterocycles. The minimum atomic E-state index is 0.886. The number of hydrogen-bond acceptors (Lipinski definition) is 3. The highest BCUT2D eigenvalue weighted by molar-refractivity contribution is 5.30. The van der Waals surface area contributed by atoms with Gasteiger partial charge in [0, 0.05) is 31.4 Å². The highest BCUT2D eigenvalue weighted by Gasteiger charge is 2.14. The summed E-state index contributed by atoms with van der Waals surface area (Å²) in [5.74, 6) is 0.910. The Kier molecular flexibility index (Phi) is 5.24. The van der Waals surface area contributed by atoms with Gasteiger partial charge in [-0.25, -0.2) is 4.68 Å². The zero-order valence-corrected chi connectivity index (χ0v) is 13.4. The van der Waals surface area contributed by atoms with Gasteiger partial charge in [0.05, 0.1) is 11.9 Å². The molecular formula is C18H26N4. The number of nitrogens with zero attached hydrogens (tertiary/aromatic N) is 3. The molecule has 3 rings (SSSR count). The third kappa shape index (κ3) is 4.18. The zero-order chi connectivity index (χ0) is 15.2. The van der Waals surface area contributed by atoms with E-state index in [-0.39, 0.29) is 0 Å². The third-order valence-corrected chi connectivity index (χ3v) is 4.47. The first-order valence-corrected chi connectivity index (χ1v) is 8.33. The molecule has 0 unspecified atom stereocenters. The molecule has 0 aliphatic carbocycles. The molecule has 4 heteroatoms. The van der Waals surface area contributed by atoms with Crippen molar-refractivity contribution in [1.29, 1.82) is 0 Å². The van der Waals surface area contributed by atoms with Gasteiger partial charge in [-0.3, -0.25) is 0 Å². The van der Waals surface area contributed by atoms with Gasteiger partial charge >= 0.3 is 0 Å². The minimum Gasteiger partial charge on any atom is -0.311 e. The second kappa shape index (κ2) is 7.56. The monoisotopic (exact) mass is 298 g/mol. The van der Waals surface area contributed by atoms with Crippen molar-refractivity contribution in [1.82, 2.24) is 20.0 Å². The van der Waals surface area contributed by atoms with Crippen LogP contribution >= 0.6 is 0 Å². The average Bonchev–Trinajstić information content (AvgIpc) is 3.03. The Morgan fingerprint density at radius 1 is 1.18 bits per heavy atom. The second-order valence-corrected chi connectivity index (χ2v) is 6.33. The molecule has 1 fully saturated rings. The smallest absolute Gasteiger partial charge is 0.0645 e. The van der Waals surface area contributed by atoms with E-state index in [1.54, 1.807) is 0 Å². The largest absolute Gasteiger partial charge is 0.311 e. The maximum Gasteiger partial charge on any atom is 0.0645 e. The van der Waals surface area contributed by atoms with E-state index in [1.807, 2.05) is 29.1 Å². The Bertz CT molecular complexity index is 555. The predicted octanol–water partition coefficient (Wildman–Crippen LogP) is 2.69. The van der Waals surface area contributed by atoms with Crippen molar-refractivity contribution in [3.63, 3.8) is 0 Å². The number of para-hydroxylation sites is 1. The first-order valence-electron chi connectivity index (χ1n) is 8.33. The Labute approximate surface area is 133 Å². The molecule has 1 aliphatic heterocycles. The Balaban J connectivity index is 1.40. The summed E-state index contributed by atoms with van der Waals surface area (Å²) in [6, 6.07) is 10.2. The van der Waals surface area contributed by atoms with E-state index in [4.69, 9.17) is 0 Å². The summed E-state index contributed by atoms with van der Waals surface area (Å²) in [7, 11) is 0. The summed E-state index contributed by atoms with van der Waals surface area (Å²) < 4.78 is 1.93. The van der Waals surface area contributed by atoms with Gasteiger partial charge in [-0.05, 0) is 44.0 Å². The van der Waals surface area contributed by atoms with E-state index in [0.29, 0.717) is 0 Å². The molecule has 1 N–H and O–H groups in total. The highest BCUT2D eigenvalue weighted by atomic mass is 15.3. The lowest BCUT2D eigenvalue weighted by Crippen LogP contribution is -2.37. The van der Waals surface area contributed by atoms with E-state index in [0.717, 1.165) is 31.2 Å². The molecule has 2 aromatic rings. The number of aromatic nitrogens is 2. The predicted molar refractivity (Wildman–Crippen MR) is 90.1 cm³/mol. The summed E-state index contributed by atoms with van der Waals surface area (Å²) in [4.78, 5) is 2.57. The molecular weight excluding hydrogens is 272 g/mol. The van der Waals surface area contributed by atoms with Gasteiger partial charge in [0.1, 0.15) is 0 Å². The van der Waals surface area contributed by atoms with Crippen LogP contribution in [0.15, 0.2) is 42.7 Å². The standard InChI is InChI=1S/C18H26N4/c1-16-7-10-21(11-8-16)12-9-19-13-17-14-20-22(15-17)18-5-3-2-4-6-18/h2-6,14-16,19H,7-13H2,1H3. The molecule has 0 atom stereocenters. The average molecular weight is 298 g/mol. The van der Waals surface area contributed by atoms with Crippen LogP contribution < -0.4 is 5.32 Å². The van der Waals surface area contributed by atoms with E-state index in [2.05, 4.69) is 40.6 Å². The van der Waals surface area contributed by atoms with Gasteiger partial charge in [0.15, 0.2) is 0 Å². The molecule has 118 valence electrons. The van der Waals surface area contributed by atoms with Crippen molar-refractivity contribution >= 4 is 0 Å². The van der Waals surface area contributed by atoms with Gasteiger partial charge in [0.25, 0.3) is 0 Å². The van der Waals surface area contributed by atoms with Crippen LogP contribution in [0.1, 0.15) is 25.3 Å². The van der Waals surface area contributed by atoms with Crippen LogP contribution in [-0.4, -0.2) is 40.9 Å². The van der Waals surface area contributed by atoms with Gasteiger partial charge in [0.2, 0.25) is 0 Å². The van der Waals surface area contributed by atoms with E-state index < -0.39 is 0 Å². The van der Waals surface area contributed by atoms with Crippen LogP contribution in [0.25, 0.3) is 5.69 Å². The molecule has 1 aromatic carbocycles. The molecule has 22 heavy (non-hydrogen) atoms. The van der Waals surface area contributed by atoms with Crippen molar-refractivity contribution in [2.24, 2.45) is 5.92 Å². The van der Waals surface area contributed by atoms with Crippen molar-refractivity contribution in [3.05, 3.63) is 48.3 Å². The van der Waals surface area contributed by atoms with Gasteiger partial charge < -0.3 is 10.2 Å². The van der Waals surface area contributed by atoms with Crippen molar-refractivity contribution in [2.75, 3.05) is 26.2 Å². The molecule has 0 spiro atoms. The molecule has 1 aliphatic rings. The molecule has 0 amide bonds. The highest BCUT2D eigenvalue weighted by Crippen LogP contribution is 2.15. The summed E-state index contributed by atoms with van der Waals surface area (Å²) in [5.41, 5.74) is 2.34. The lowest BCUT2D eigenvalue weighted by atomic mass is 9.99. The fraction of sp³-hybridized carbons (Fsp3) is 0.500. The first kappa shape index (κ1) is 15.3. The van der Waals surface area contributed by atoms with E-state index in [9.17, 15) is 0 Å². The SMILES string of the molecule is CC1CCN(CCNCc2cnn(-c3ccccc3)c2)CC1. The van der Waals surface area contributed by atoms with E-state index >= 15 is 0 Å². The van der Waals surface area contributed by atoms with Crippen LogP contribution in [0.3, 0.4) is 0 Å². The fourth-order valence-electron chi connectivity index (χ4n) is 2.93. The minimum absolute atomic E-state index is 0.886. The number of likely N-dealkylation sites (tertiary alicyclic amines) is 1. The number of rotatable bonds is 6. The lowest BCUT2D eigenvalue weighted by Gasteiger charge is -2.30. The first-order chi connectivity index (χ1) is 10.8. The molecule has 1 aromatic heterocycles. The summed E-state index contributed by atoms with van der Waals surface area (Å²) in [6.45, 7) is 7.96. The van der Waals surface area contributed by atoms with Crippen LogP contribution in [0.4, 0.5) is 0 Å². The number of benzene rings is 1. The fourth-order valence-corrected chi connectivity index (χ4v) is 2.93. The van der Waals surface area contributed by atoms with Gasteiger partial charge in [-0.2, -0.15) is 5.10 Å². The normalized spacial score (nSPS) is 17.0. The summed E-state index contributed by atoms with van der Waals surface area (Å²) >= 11 is 0. The maximum atomic E-state index is 4.43. The van der Waals surface area contributed by atoms with Crippen LogP contribution in [0.2, 0.25) is 0 Å². The Morgan fingerprint density at radius 2 is 1.95 bits per heavy atom. The van der Waals surface area contributed by atoms with Crippen LogP contribution in [0.5, 0.6) is 0 Å². The molecule has 1 saturated heterocycles. The van der Waals surface area contributed by atoms with Crippen molar-refractivity contribution in [2.45, 2.75) is 26.3 Å². The lowest BCUT2D eigenvalue weighted by molar-refractivity contribution is 0.193. The molecule has 0 bridgehead atoms. The summed E-state index contributed by atoms with van der Waals surface area (Å²) in [5, 5.41) is 7.96. The second-order valence-electron chi connectivity index (χ2n) is 6.33. The quantitative estimate of drug-likeness (QED) is 0.832. The number of piperidine rings is 1. The summed E-state index contributed by atoms with van der Waals surface area (Å²) in [6.07, 6.45) is 6.75. The van der Waals surface area contributed by atoms with Crippen LogP contribution in [-0.2, 0) is 6.54 Å². The Morgan fingerprint density at radius 3 is 2.73 bits per heavy atom. The number of hydrogen-bond donors (Lipinski definition) is 1. The third-order valence-electron chi connectivity index (χ3n) is 4.47. The van der Waals surface area contributed by atoms with Gasteiger partial charge in [-0.1, -0.05) is 25.1 Å². The molecule has 0 saturated carbocycles. The van der Waals surface area contributed by atoms with Crippen molar-refractivity contribution < 1.29 is 0 Å². The zero-order valence-electron chi connectivity index (χ0n) is 13.4. The van der Waals surface area contributed by atoms with Crippen molar-refractivity contribution in [3.8, 4) is 5.69 Å². The maximum absolute atomic E-state index is 4.43. The van der Waals surface area contributed by atoms with Gasteiger partial charge in [-0.15, -0.1) is 0 Å².